The molecule has 2 amide bonds. The Kier molecular flexibility index (Phi) is 15.0. The fraction of sp³-hybridized carbons (Fsp3) is 0.235. The number of primary amides is 1. The van der Waals surface area contributed by atoms with Crippen LogP contribution >= 0.6 is 11.6 Å². The lowest BCUT2D eigenvalue weighted by atomic mass is 10.1. The van der Waals surface area contributed by atoms with Crippen molar-refractivity contribution in [3.63, 3.8) is 0 Å². The van der Waals surface area contributed by atoms with Gasteiger partial charge >= 0.3 is 16.4 Å². The van der Waals surface area contributed by atoms with Gasteiger partial charge in [-0.15, -0.1) is 10.2 Å². The highest BCUT2D eigenvalue weighted by Gasteiger charge is 2.26. The number of fused-ring (bicyclic) bond motifs is 1. The molecule has 1 aromatic heterocycles. The molecule has 0 unspecified atom stereocenters. The summed E-state index contributed by atoms with van der Waals surface area (Å²) in [4.78, 5) is 23.5. The van der Waals surface area contributed by atoms with Crippen molar-refractivity contribution in [2.45, 2.75) is 33.3 Å². The molecule has 0 saturated heterocycles. The van der Waals surface area contributed by atoms with Crippen LogP contribution in [0.15, 0.2) is 91.6 Å². The van der Waals surface area contributed by atoms with Crippen LogP contribution in [-0.2, 0) is 85.9 Å². The van der Waals surface area contributed by atoms with E-state index in [0.29, 0.717) is 11.1 Å². The van der Waals surface area contributed by atoms with Gasteiger partial charge in [-0.3, -0.25) is 17.1 Å². The molecule has 5 rings (SSSR count). The summed E-state index contributed by atoms with van der Waals surface area (Å²) in [5.41, 5.74) is 5.68. The lowest BCUT2D eigenvalue weighted by Crippen LogP contribution is -2.19. The van der Waals surface area contributed by atoms with Crippen molar-refractivity contribution in [1.29, 1.82) is 0 Å². The van der Waals surface area contributed by atoms with Crippen LogP contribution in [0.2, 0.25) is 5.28 Å². The van der Waals surface area contributed by atoms with E-state index < -0.39 is 90.2 Å². The second-order valence-electron chi connectivity index (χ2n) is 12.8. The van der Waals surface area contributed by atoms with Crippen LogP contribution in [0, 0.1) is 0 Å². The number of nitrogens with zero attached hydrogens (tertiary/aromatic N) is 5. The monoisotopic (exact) mass is 991 g/mol. The van der Waals surface area contributed by atoms with Crippen LogP contribution in [-0.4, -0.2) is 101 Å². The van der Waals surface area contributed by atoms with Crippen LogP contribution in [0.1, 0.15) is 28.3 Å². The van der Waals surface area contributed by atoms with Gasteiger partial charge in [-0.1, -0.05) is 18.2 Å². The van der Waals surface area contributed by atoms with Gasteiger partial charge in [0.15, 0.2) is 9.84 Å². The van der Waals surface area contributed by atoms with Crippen molar-refractivity contribution in [3.05, 3.63) is 100 Å². The first-order chi connectivity index (χ1) is 29.3. The van der Waals surface area contributed by atoms with Crippen LogP contribution in [0.25, 0.3) is 10.8 Å². The van der Waals surface area contributed by atoms with Crippen molar-refractivity contribution >= 4 is 96.1 Å². The number of azo groups is 1. The highest BCUT2D eigenvalue weighted by atomic mass is 35.5. The number of carbonyl (C=O) groups excluding carboxylic acids is 1. The molecule has 0 radical (unpaired) electrons. The zero-order valence-electron chi connectivity index (χ0n) is 32.7. The number of carbonyl (C=O) groups is 1. The molecule has 29 heteroatoms. The number of aromatic nitrogens is 3. The minimum absolute atomic E-state index is 0.00459. The molecule has 0 spiro atoms. The molecular weight excluding hydrogens is 958 g/mol. The SMILES string of the molecule is COS(=O)(=O)OCCS(=O)(=O)c1ccc(Cc2nc(Cl)nc(Cc3ccc(N=Nc4cc5c(S(=O)(=O)OC)cc(CS(=O)(=O)O)cc5cc4S(=O)(=O)OC)c(NC(N)=O)c3)n2)cc1. The number of hydrogen-bond donors (Lipinski definition) is 3. The normalized spacial score (nSPS) is 12.8. The second kappa shape index (κ2) is 19.3. The van der Waals surface area contributed by atoms with E-state index >= 15 is 0 Å². The maximum atomic E-state index is 13.1. The van der Waals surface area contributed by atoms with E-state index in [9.17, 15) is 51.4 Å². The molecule has 0 aliphatic heterocycles. The number of nitrogens with one attached hydrogen (secondary N) is 1. The van der Waals surface area contributed by atoms with Gasteiger partial charge in [0, 0.05) is 18.2 Å². The number of urea groups is 1. The number of sulfone groups is 1. The average molecular weight is 992 g/mol. The third-order valence-electron chi connectivity index (χ3n) is 8.46. The number of amides is 2. The van der Waals surface area contributed by atoms with Crippen molar-refractivity contribution in [3.8, 4) is 0 Å². The maximum absolute atomic E-state index is 13.1. The van der Waals surface area contributed by atoms with E-state index in [0.717, 1.165) is 45.6 Å². The molecule has 0 atom stereocenters. The number of halogens is 1. The Balaban J connectivity index is 1.45. The molecular formula is C34H34ClN7O16S5. The Morgan fingerprint density at radius 1 is 0.714 bits per heavy atom. The first-order valence-electron chi connectivity index (χ1n) is 17.3. The molecule has 4 aromatic carbocycles. The molecule has 63 heavy (non-hydrogen) atoms. The molecule has 338 valence electrons. The first-order valence-corrected chi connectivity index (χ1v) is 25.1. The van der Waals surface area contributed by atoms with Crippen LogP contribution in [0.3, 0.4) is 0 Å². The van der Waals surface area contributed by atoms with Gasteiger partial charge in [0.25, 0.3) is 30.4 Å². The lowest BCUT2D eigenvalue weighted by molar-refractivity contribution is 0.255. The molecule has 23 nitrogen and oxygen atoms in total. The average Bonchev–Trinajstić information content (AvgIpc) is 3.19. The largest absolute Gasteiger partial charge is 0.399 e. The van der Waals surface area contributed by atoms with E-state index in [1.807, 2.05) is 0 Å². The minimum atomic E-state index is -4.66. The summed E-state index contributed by atoms with van der Waals surface area (Å²) in [6.07, 6.45) is 0.0775. The minimum Gasteiger partial charge on any atom is -0.351 e. The molecule has 0 saturated carbocycles. The predicted molar refractivity (Wildman–Crippen MR) is 222 cm³/mol. The summed E-state index contributed by atoms with van der Waals surface area (Å²) in [5.74, 6) is -1.28. The third-order valence-corrected chi connectivity index (χ3v) is 14.5. The first kappa shape index (κ1) is 48.9. The Labute approximate surface area is 365 Å². The third kappa shape index (κ3) is 13.0. The summed E-state index contributed by atoms with van der Waals surface area (Å²) in [7, 11) is -19.5. The standard InChI is InChI=1S/C34H34ClN7O16S5/c1-55-61(49,50)29-14-22(19-60(46,47)48)12-23-17-30(62(51,52)56-2)28(18-25(23)29)42-41-26-9-6-21(13-27(26)37-34(36)43)16-32-38-31(39-33(35)40-32)15-20-4-7-24(8-5-20)59(44,45)11-10-58-63(53,54)57-3/h4-9,12-14,17-18H,10-11,15-16,19H2,1-3H3,(H3,36,37,43)(H,46,47,48). The van der Waals surface area contributed by atoms with E-state index in [1.165, 1.54) is 42.5 Å². The number of nitrogens with two attached hydrogens (primary N) is 1. The smallest absolute Gasteiger partial charge is 0.351 e. The van der Waals surface area contributed by atoms with E-state index in [4.69, 9.17) is 17.3 Å². The van der Waals surface area contributed by atoms with Crippen molar-refractivity contribution in [2.24, 2.45) is 16.0 Å². The van der Waals surface area contributed by atoms with Crippen LogP contribution in [0.4, 0.5) is 21.9 Å². The quantitative estimate of drug-likeness (QED) is 0.0605. The summed E-state index contributed by atoms with van der Waals surface area (Å²) < 4.78 is 151. The van der Waals surface area contributed by atoms with Crippen LogP contribution in [0.5, 0.6) is 0 Å². The predicted octanol–water partition coefficient (Wildman–Crippen LogP) is 3.51. The molecule has 1 heterocycles. The lowest BCUT2D eigenvalue weighted by Gasteiger charge is -2.13. The zero-order chi connectivity index (χ0) is 46.5. The molecule has 0 aliphatic rings. The van der Waals surface area contributed by atoms with Gasteiger partial charge in [0.2, 0.25) is 5.28 Å². The van der Waals surface area contributed by atoms with Crippen LogP contribution < -0.4 is 11.1 Å². The van der Waals surface area contributed by atoms with Gasteiger partial charge in [-0.05, 0) is 82.2 Å². The molecule has 0 aliphatic carbocycles. The Hall–Kier alpha value is -5.14. The summed E-state index contributed by atoms with van der Waals surface area (Å²) in [6.45, 7) is -0.660. The maximum Gasteiger partial charge on any atom is 0.399 e. The molecule has 4 N–H and O–H groups in total. The van der Waals surface area contributed by atoms with Gasteiger partial charge in [0.1, 0.15) is 38.6 Å². The van der Waals surface area contributed by atoms with Crippen molar-refractivity contribution < 1.29 is 68.2 Å². The number of benzene rings is 4. The van der Waals surface area contributed by atoms with Gasteiger partial charge < -0.3 is 11.1 Å². The van der Waals surface area contributed by atoms with Crippen molar-refractivity contribution in [2.75, 3.05) is 39.0 Å². The topological polar surface area (TPSA) is 346 Å². The highest BCUT2D eigenvalue weighted by molar-refractivity contribution is 7.91. The zero-order valence-corrected chi connectivity index (χ0v) is 37.5. The fourth-order valence-corrected chi connectivity index (χ4v) is 9.76. The van der Waals surface area contributed by atoms with Gasteiger partial charge in [-0.2, -0.15) is 33.7 Å². The molecule has 5 aromatic rings. The van der Waals surface area contributed by atoms with E-state index in [-0.39, 0.29) is 62.4 Å². The number of anilines is 1. The van der Waals surface area contributed by atoms with Gasteiger partial charge in [-0.25, -0.2) is 32.3 Å². The highest BCUT2D eigenvalue weighted by Crippen LogP contribution is 2.37. The van der Waals surface area contributed by atoms with Crippen molar-refractivity contribution in [1.82, 2.24) is 15.0 Å². The summed E-state index contributed by atoms with van der Waals surface area (Å²) >= 11 is 6.22. The summed E-state index contributed by atoms with van der Waals surface area (Å²) in [5, 5.41) is 10.1. The Bertz CT molecular complexity index is 3190. The Morgan fingerprint density at radius 2 is 1.30 bits per heavy atom. The van der Waals surface area contributed by atoms with Gasteiger partial charge in [0.05, 0.1) is 44.3 Å². The molecule has 0 bridgehead atoms. The number of rotatable bonds is 19. The number of hydrogen-bond acceptors (Lipinski definition) is 20. The Morgan fingerprint density at radius 3 is 1.89 bits per heavy atom. The second-order valence-corrected chi connectivity index (χ2v) is 21.4. The summed E-state index contributed by atoms with van der Waals surface area (Å²) in [6, 6.07) is 13.0. The van der Waals surface area contributed by atoms with E-state index in [2.05, 4.69) is 47.2 Å². The van der Waals surface area contributed by atoms with E-state index in [1.54, 1.807) is 0 Å². The fourth-order valence-electron chi connectivity index (χ4n) is 5.67. The molecule has 0 fully saturated rings.